The summed E-state index contributed by atoms with van der Waals surface area (Å²) in [6, 6.07) is 17.3. The van der Waals surface area contributed by atoms with Crippen LogP contribution < -0.4 is 10.6 Å². The molecule has 0 unspecified atom stereocenters. The maximum Gasteiger partial charge on any atom is 0.323 e. The van der Waals surface area contributed by atoms with Gasteiger partial charge in [-0.05, 0) is 71.8 Å². The lowest BCUT2D eigenvalue weighted by Crippen LogP contribution is -2.20. The Morgan fingerprint density at radius 2 is 1.07 bits per heavy atom. The summed E-state index contributed by atoms with van der Waals surface area (Å²) in [5, 5.41) is 22.7. The van der Waals surface area contributed by atoms with Crippen molar-refractivity contribution in [1.82, 2.24) is 19.9 Å². The summed E-state index contributed by atoms with van der Waals surface area (Å²) in [5.74, 6) is -2.72. The molecule has 0 fully saturated rings. The van der Waals surface area contributed by atoms with Crippen molar-refractivity contribution in [1.29, 1.82) is 0 Å². The zero-order chi connectivity index (χ0) is 31.0. The lowest BCUT2D eigenvalue weighted by molar-refractivity contribution is -0.137. The fourth-order valence-corrected chi connectivity index (χ4v) is 4.76. The van der Waals surface area contributed by atoms with E-state index in [2.05, 4.69) is 30.6 Å². The SMILES string of the molecule is O=C(O)Cc1ccc2nc(-c3ccc(NC(=O)Nc4ccc(-c5nc6ccc(CC(=O)O)cc6[nH]5)cc4F)c(F)c3)[nH]c2c1. The Balaban J connectivity index is 1.13. The number of urea groups is 1. The van der Waals surface area contributed by atoms with Gasteiger partial charge in [-0.2, -0.15) is 0 Å². The maximum atomic E-state index is 14.9. The van der Waals surface area contributed by atoms with Gasteiger partial charge in [0.25, 0.3) is 0 Å². The largest absolute Gasteiger partial charge is 0.481 e. The van der Waals surface area contributed by atoms with Crippen LogP contribution in [0, 0.1) is 11.6 Å². The molecule has 11 nitrogen and oxygen atoms in total. The Kier molecular flexibility index (Phi) is 7.19. The van der Waals surface area contributed by atoms with Gasteiger partial charge in [0, 0.05) is 11.1 Å². The average Bonchev–Trinajstić information content (AvgIpc) is 3.58. The van der Waals surface area contributed by atoms with Crippen molar-refractivity contribution >= 4 is 51.4 Å². The van der Waals surface area contributed by atoms with Crippen LogP contribution in [0.4, 0.5) is 25.0 Å². The molecule has 2 aromatic heterocycles. The Labute approximate surface area is 246 Å². The van der Waals surface area contributed by atoms with E-state index in [9.17, 15) is 23.2 Å². The van der Waals surface area contributed by atoms with E-state index in [-0.39, 0.29) is 24.2 Å². The van der Waals surface area contributed by atoms with Gasteiger partial charge in [0.1, 0.15) is 23.3 Å². The monoisotopic (exact) mass is 596 g/mol. The normalized spacial score (nSPS) is 11.1. The smallest absolute Gasteiger partial charge is 0.323 e. The van der Waals surface area contributed by atoms with Crippen LogP contribution >= 0.6 is 0 Å². The standard InChI is InChI=1S/C31H22F2N6O5/c32-19-13-17(29-34-23-5-1-15(11-27(40)41)9-25(23)36-29)3-7-21(19)38-31(44)39-22-8-4-18(14-20(22)33)30-35-24-6-2-16(12-28(42)43)10-26(24)37-30/h1-10,13-14H,11-12H2,(H,34,36)(H,35,37)(H,40,41)(H,42,43)(H2,38,39,44). The number of amides is 2. The Morgan fingerprint density at radius 1 is 0.636 bits per heavy atom. The van der Waals surface area contributed by atoms with Gasteiger partial charge in [-0.3, -0.25) is 9.59 Å². The Morgan fingerprint density at radius 3 is 1.45 bits per heavy atom. The average molecular weight is 597 g/mol. The number of carboxylic acids is 2. The molecule has 0 saturated heterocycles. The first-order valence-corrected chi connectivity index (χ1v) is 13.2. The number of H-pyrrole nitrogens is 2. The fourth-order valence-electron chi connectivity index (χ4n) is 4.76. The summed E-state index contributed by atoms with van der Waals surface area (Å²) >= 11 is 0. The number of fused-ring (bicyclic) bond motifs is 2. The number of aliphatic carboxylic acids is 2. The minimum atomic E-state index is -0.962. The van der Waals surface area contributed by atoms with E-state index >= 15 is 0 Å². The number of hydrogen-bond donors (Lipinski definition) is 6. The summed E-state index contributed by atoms with van der Waals surface area (Å²) < 4.78 is 29.9. The van der Waals surface area contributed by atoms with Crippen LogP contribution in [0.15, 0.2) is 72.8 Å². The van der Waals surface area contributed by atoms with Crippen molar-refractivity contribution in [2.75, 3.05) is 10.6 Å². The number of aromatic amines is 2. The van der Waals surface area contributed by atoms with Gasteiger partial charge in [0.05, 0.1) is 46.3 Å². The van der Waals surface area contributed by atoms with Crippen molar-refractivity contribution in [3.05, 3.63) is 95.6 Å². The van der Waals surface area contributed by atoms with Crippen LogP contribution in [0.5, 0.6) is 0 Å². The predicted octanol–water partition coefficient (Wildman–Crippen LogP) is 5.95. The van der Waals surface area contributed by atoms with Crippen LogP contribution in [-0.4, -0.2) is 48.1 Å². The van der Waals surface area contributed by atoms with Crippen LogP contribution in [0.2, 0.25) is 0 Å². The van der Waals surface area contributed by atoms with Crippen molar-refractivity contribution in [2.24, 2.45) is 0 Å². The number of anilines is 2. The molecule has 13 heteroatoms. The number of rotatable bonds is 8. The van der Waals surface area contributed by atoms with Crippen LogP contribution in [0.1, 0.15) is 11.1 Å². The van der Waals surface area contributed by atoms with E-state index in [4.69, 9.17) is 10.2 Å². The number of hydrogen-bond acceptors (Lipinski definition) is 5. The van der Waals surface area contributed by atoms with Crippen molar-refractivity contribution < 1.29 is 33.4 Å². The van der Waals surface area contributed by atoms with E-state index in [1.165, 1.54) is 24.3 Å². The number of aromatic nitrogens is 4. The third-order valence-corrected chi connectivity index (χ3v) is 6.78. The highest BCUT2D eigenvalue weighted by Crippen LogP contribution is 2.27. The number of nitrogens with one attached hydrogen (secondary N) is 4. The van der Waals surface area contributed by atoms with Crippen LogP contribution in [0.3, 0.4) is 0 Å². The topological polar surface area (TPSA) is 173 Å². The molecule has 0 bridgehead atoms. The summed E-state index contributed by atoms with van der Waals surface area (Å²) in [4.78, 5) is 49.5. The molecular formula is C31H22F2N6O5. The number of benzene rings is 4. The quantitative estimate of drug-likeness (QED) is 0.126. The van der Waals surface area contributed by atoms with E-state index in [1.807, 2.05) is 0 Å². The lowest BCUT2D eigenvalue weighted by Gasteiger charge is -2.10. The van der Waals surface area contributed by atoms with Crippen molar-refractivity contribution in [2.45, 2.75) is 12.8 Å². The number of carboxylic acid groups (broad SMARTS) is 2. The van der Waals surface area contributed by atoms with E-state index < -0.39 is 29.6 Å². The van der Waals surface area contributed by atoms with Gasteiger partial charge < -0.3 is 30.8 Å². The third-order valence-electron chi connectivity index (χ3n) is 6.78. The molecule has 6 rings (SSSR count). The fraction of sp³-hybridized carbons (Fsp3) is 0.0645. The minimum Gasteiger partial charge on any atom is -0.481 e. The van der Waals surface area contributed by atoms with Gasteiger partial charge >= 0.3 is 18.0 Å². The van der Waals surface area contributed by atoms with Crippen molar-refractivity contribution in [3.8, 4) is 22.8 Å². The molecule has 0 radical (unpaired) electrons. The molecule has 0 aliphatic carbocycles. The number of carbonyl (C=O) groups is 3. The first kappa shape index (κ1) is 28.0. The second kappa shape index (κ2) is 11.3. The summed E-state index contributed by atoms with van der Waals surface area (Å²) in [7, 11) is 0. The second-order valence-corrected chi connectivity index (χ2v) is 9.98. The zero-order valence-electron chi connectivity index (χ0n) is 22.6. The summed E-state index contributed by atoms with van der Waals surface area (Å²) in [6.45, 7) is 0. The van der Waals surface area contributed by atoms with E-state index in [0.717, 1.165) is 0 Å². The Hall–Kier alpha value is -6.11. The minimum absolute atomic E-state index is 0.144. The highest BCUT2D eigenvalue weighted by atomic mass is 19.1. The highest BCUT2D eigenvalue weighted by Gasteiger charge is 2.15. The first-order chi connectivity index (χ1) is 21.1. The van der Waals surface area contributed by atoms with Crippen LogP contribution in [-0.2, 0) is 22.4 Å². The van der Waals surface area contributed by atoms with Gasteiger partial charge in [-0.15, -0.1) is 0 Å². The Bertz CT molecular complexity index is 1960. The molecule has 6 aromatic rings. The molecule has 0 spiro atoms. The predicted molar refractivity (Wildman–Crippen MR) is 158 cm³/mol. The molecule has 220 valence electrons. The highest BCUT2D eigenvalue weighted by molar-refractivity contribution is 6.00. The molecule has 2 heterocycles. The van der Waals surface area contributed by atoms with Crippen molar-refractivity contribution in [3.63, 3.8) is 0 Å². The van der Waals surface area contributed by atoms with E-state index in [1.54, 1.807) is 48.5 Å². The number of halogens is 2. The third kappa shape index (κ3) is 5.92. The molecule has 0 saturated carbocycles. The molecule has 44 heavy (non-hydrogen) atoms. The second-order valence-electron chi connectivity index (χ2n) is 9.98. The molecule has 0 aliphatic rings. The van der Waals surface area contributed by atoms with E-state index in [0.29, 0.717) is 56.0 Å². The van der Waals surface area contributed by atoms with Crippen LogP contribution in [0.25, 0.3) is 44.8 Å². The zero-order valence-corrected chi connectivity index (χ0v) is 22.6. The number of carbonyl (C=O) groups excluding carboxylic acids is 1. The first-order valence-electron chi connectivity index (χ1n) is 13.2. The lowest BCUT2D eigenvalue weighted by atomic mass is 10.1. The molecule has 0 aliphatic heterocycles. The summed E-state index contributed by atoms with van der Waals surface area (Å²) in [6.07, 6.45) is -0.288. The van der Waals surface area contributed by atoms with Gasteiger partial charge in [0.2, 0.25) is 0 Å². The van der Waals surface area contributed by atoms with Gasteiger partial charge in [0.15, 0.2) is 0 Å². The number of nitrogens with zero attached hydrogens (tertiary/aromatic N) is 2. The maximum absolute atomic E-state index is 14.9. The molecule has 2 amide bonds. The van der Waals surface area contributed by atoms with Gasteiger partial charge in [-0.1, -0.05) is 12.1 Å². The molecule has 0 atom stereocenters. The van der Waals surface area contributed by atoms with Gasteiger partial charge in [-0.25, -0.2) is 23.5 Å². The molecule has 4 aromatic carbocycles. The molecule has 6 N–H and O–H groups in total. The molecular weight excluding hydrogens is 574 g/mol. The summed E-state index contributed by atoms with van der Waals surface area (Å²) in [5.41, 5.74) is 4.03. The number of imidazole rings is 2.